The summed E-state index contributed by atoms with van der Waals surface area (Å²) in [6.07, 6.45) is 0. The van der Waals surface area contributed by atoms with Gasteiger partial charge < -0.3 is 0 Å². The van der Waals surface area contributed by atoms with Gasteiger partial charge in [-0.3, -0.25) is 0 Å². The molecule has 0 aliphatic heterocycles. The van der Waals surface area contributed by atoms with Crippen LogP contribution in [-0.4, -0.2) is 39.2 Å². The van der Waals surface area contributed by atoms with Gasteiger partial charge in [0.2, 0.25) is 0 Å². The monoisotopic (exact) mass is 251 g/mol. The number of alkyl halides is 3. The molecule has 0 saturated carbocycles. The molecule has 2 N–H and O–H groups in total. The summed E-state index contributed by atoms with van der Waals surface area (Å²) in [6.45, 7) is 0. The Labute approximate surface area is 73.6 Å². The molecule has 1 atom stereocenters. The summed E-state index contributed by atoms with van der Waals surface area (Å²) >= 11 is -1.61. The van der Waals surface area contributed by atoms with Gasteiger partial charge in [0.05, 0.1) is 0 Å². The van der Waals surface area contributed by atoms with E-state index in [4.69, 9.17) is 5.73 Å². The predicted molar refractivity (Wildman–Crippen MR) is 36.6 cm³/mol. The zero-order valence-corrected chi connectivity index (χ0v) is 7.93. The van der Waals surface area contributed by atoms with Crippen LogP contribution in [0.15, 0.2) is 0 Å². The molecule has 0 aromatic rings. The van der Waals surface area contributed by atoms with Gasteiger partial charge in [-0.05, 0) is 0 Å². The molecule has 12 heavy (non-hydrogen) atoms. The SMILES string of the molecule is COC(=O)[C@@H](N)C[Se]C(F)(F)F. The van der Waals surface area contributed by atoms with Crippen molar-refractivity contribution >= 4 is 20.9 Å². The van der Waals surface area contributed by atoms with Crippen molar-refractivity contribution in [2.75, 3.05) is 7.11 Å². The third kappa shape index (κ3) is 5.40. The molecule has 0 rings (SSSR count). The molecule has 0 saturated heterocycles. The van der Waals surface area contributed by atoms with Gasteiger partial charge in [0.25, 0.3) is 0 Å². The number of carbonyl (C=O) groups is 1. The third-order valence-corrected chi connectivity index (χ3v) is 2.72. The number of hydrogen-bond acceptors (Lipinski definition) is 3. The minimum atomic E-state index is -4.21. The van der Waals surface area contributed by atoms with Crippen LogP contribution in [0.3, 0.4) is 0 Å². The molecule has 0 aromatic carbocycles. The van der Waals surface area contributed by atoms with Crippen LogP contribution in [0.2, 0.25) is 5.32 Å². The molecular weight excluding hydrogens is 242 g/mol. The van der Waals surface area contributed by atoms with Crippen molar-refractivity contribution < 1.29 is 22.7 Å². The van der Waals surface area contributed by atoms with Gasteiger partial charge in [-0.2, -0.15) is 0 Å². The number of hydrogen-bond donors (Lipinski definition) is 1. The fourth-order valence-corrected chi connectivity index (χ4v) is 1.46. The summed E-state index contributed by atoms with van der Waals surface area (Å²) < 4.78 is 39.0. The van der Waals surface area contributed by atoms with E-state index in [1.165, 1.54) is 0 Å². The molecule has 3 nitrogen and oxygen atoms in total. The van der Waals surface area contributed by atoms with E-state index < -0.39 is 32.0 Å². The van der Waals surface area contributed by atoms with Crippen molar-refractivity contribution in [3.8, 4) is 0 Å². The summed E-state index contributed by atoms with van der Waals surface area (Å²) in [7, 11) is 1.09. The second-order valence-corrected chi connectivity index (χ2v) is 4.16. The number of esters is 1. The standard InChI is InChI=1S/C5H8F3NO2Se/c1-11-4(10)3(9)2-12-5(6,7)8/h3H,2,9H2,1H3/t3-/m0/s1. The van der Waals surface area contributed by atoms with Gasteiger partial charge in [-0.15, -0.1) is 0 Å². The zero-order valence-electron chi connectivity index (χ0n) is 6.22. The minimum absolute atomic E-state index is 0.372. The summed E-state index contributed by atoms with van der Waals surface area (Å²) in [5.74, 6) is -0.805. The van der Waals surface area contributed by atoms with E-state index in [1.54, 1.807) is 0 Å². The van der Waals surface area contributed by atoms with E-state index >= 15 is 0 Å². The fourth-order valence-electron chi connectivity index (χ4n) is 0.404. The molecule has 0 heterocycles. The maximum atomic E-state index is 11.6. The van der Waals surface area contributed by atoms with Crippen LogP contribution >= 0.6 is 0 Å². The average molecular weight is 250 g/mol. The topological polar surface area (TPSA) is 52.3 Å². The van der Waals surface area contributed by atoms with E-state index in [1.807, 2.05) is 0 Å². The summed E-state index contributed by atoms with van der Waals surface area (Å²) in [6, 6.07) is -1.16. The number of rotatable bonds is 3. The van der Waals surface area contributed by atoms with Crippen molar-refractivity contribution in [2.24, 2.45) is 5.73 Å². The Morgan fingerprint density at radius 3 is 2.50 bits per heavy atom. The van der Waals surface area contributed by atoms with Gasteiger partial charge in [-0.1, -0.05) is 0 Å². The van der Waals surface area contributed by atoms with Crippen LogP contribution in [0.1, 0.15) is 0 Å². The Hall–Kier alpha value is -0.261. The molecule has 0 aliphatic carbocycles. The second-order valence-electron chi connectivity index (χ2n) is 1.89. The molecule has 0 radical (unpaired) electrons. The number of ether oxygens (including phenoxy) is 1. The predicted octanol–water partition coefficient (Wildman–Crippen LogP) is 0.129. The Morgan fingerprint density at radius 1 is 1.67 bits per heavy atom. The Balaban J connectivity index is 3.72. The van der Waals surface area contributed by atoms with Crippen LogP contribution < -0.4 is 5.73 Å². The molecule has 72 valence electrons. The molecule has 0 unspecified atom stereocenters. The normalized spacial score (nSPS) is 14.1. The number of carbonyl (C=O) groups excluding carboxylic acids is 1. The molecule has 7 heteroatoms. The molecular formula is C5H8F3NO2Se. The van der Waals surface area contributed by atoms with Crippen molar-refractivity contribution in [3.05, 3.63) is 0 Å². The Bertz CT molecular complexity index is 161. The van der Waals surface area contributed by atoms with Gasteiger partial charge in [0.1, 0.15) is 0 Å². The summed E-state index contributed by atoms with van der Waals surface area (Å²) in [5.41, 5.74) is 5.08. The first-order valence-electron chi connectivity index (χ1n) is 2.91. The zero-order chi connectivity index (χ0) is 9.78. The molecule has 0 amide bonds. The van der Waals surface area contributed by atoms with Crippen molar-refractivity contribution in [2.45, 2.75) is 16.4 Å². The third-order valence-electron chi connectivity index (χ3n) is 0.930. The van der Waals surface area contributed by atoms with Gasteiger partial charge >= 0.3 is 72.9 Å². The number of halogens is 3. The van der Waals surface area contributed by atoms with Crippen LogP contribution in [0.5, 0.6) is 0 Å². The first kappa shape index (κ1) is 11.7. The molecule has 0 fully saturated rings. The summed E-state index contributed by atoms with van der Waals surface area (Å²) in [5, 5.41) is -4.58. The van der Waals surface area contributed by atoms with E-state index in [9.17, 15) is 18.0 Å². The van der Waals surface area contributed by atoms with Crippen LogP contribution in [0.4, 0.5) is 13.2 Å². The first-order valence-corrected chi connectivity index (χ1v) is 4.97. The Morgan fingerprint density at radius 2 is 2.17 bits per heavy atom. The van der Waals surface area contributed by atoms with E-state index in [0.717, 1.165) is 7.11 Å². The molecule has 0 aliphatic rings. The van der Waals surface area contributed by atoms with Gasteiger partial charge in [-0.25, -0.2) is 0 Å². The average Bonchev–Trinajstić information content (AvgIpc) is 1.97. The van der Waals surface area contributed by atoms with Crippen LogP contribution in [0.25, 0.3) is 0 Å². The van der Waals surface area contributed by atoms with Gasteiger partial charge in [0, 0.05) is 0 Å². The van der Waals surface area contributed by atoms with E-state index in [0.29, 0.717) is 0 Å². The van der Waals surface area contributed by atoms with Crippen molar-refractivity contribution in [1.29, 1.82) is 0 Å². The van der Waals surface area contributed by atoms with Crippen molar-refractivity contribution in [3.63, 3.8) is 0 Å². The van der Waals surface area contributed by atoms with Crippen molar-refractivity contribution in [1.82, 2.24) is 0 Å². The van der Waals surface area contributed by atoms with Crippen LogP contribution in [0, 0.1) is 0 Å². The first-order chi connectivity index (χ1) is 5.37. The van der Waals surface area contributed by atoms with Gasteiger partial charge in [0.15, 0.2) is 0 Å². The molecule has 0 spiro atoms. The quantitative estimate of drug-likeness (QED) is 0.572. The fraction of sp³-hybridized carbons (Fsp3) is 0.800. The Kier molecular flexibility index (Phi) is 4.59. The number of nitrogens with two attached hydrogens (primary N) is 1. The number of methoxy groups -OCH3 is 1. The summed E-state index contributed by atoms with van der Waals surface area (Å²) in [4.78, 5) is 10.5. The molecule has 0 aromatic heterocycles. The second kappa shape index (κ2) is 4.69. The maximum absolute atomic E-state index is 11.6. The van der Waals surface area contributed by atoms with E-state index in [-0.39, 0.29) is 5.32 Å². The molecule has 0 bridgehead atoms. The van der Waals surface area contributed by atoms with Crippen LogP contribution in [-0.2, 0) is 9.53 Å². The van der Waals surface area contributed by atoms with E-state index in [2.05, 4.69) is 4.74 Å².